The predicted molar refractivity (Wildman–Crippen MR) is 134 cm³/mol. The number of benzene rings is 3. The molecule has 0 saturated heterocycles. The summed E-state index contributed by atoms with van der Waals surface area (Å²) in [4.78, 5) is 4.88. The minimum atomic E-state index is 0.354. The lowest BCUT2D eigenvalue weighted by atomic mass is 9.87. The number of rotatable bonds is 4. The highest BCUT2D eigenvalue weighted by Gasteiger charge is 2.24. The van der Waals surface area contributed by atoms with E-state index in [1.807, 2.05) is 62.4 Å². The van der Waals surface area contributed by atoms with Gasteiger partial charge in [0.25, 0.3) is 0 Å². The molecular formula is C27H29N5. The summed E-state index contributed by atoms with van der Waals surface area (Å²) in [5, 5.41) is 13.8. The van der Waals surface area contributed by atoms with Crippen LogP contribution in [0.3, 0.4) is 0 Å². The fourth-order valence-corrected chi connectivity index (χ4v) is 3.77. The first kappa shape index (κ1) is 21.6. The molecule has 0 saturated carbocycles. The Hall–Kier alpha value is -3.60. The van der Waals surface area contributed by atoms with Crippen molar-refractivity contribution in [2.24, 2.45) is 20.3 Å². The molecule has 4 rings (SSSR count). The van der Waals surface area contributed by atoms with E-state index in [0.29, 0.717) is 18.3 Å². The topological polar surface area (TPSA) is 61.5 Å². The molecule has 1 aliphatic rings. The number of nitrogens with one attached hydrogen (secondary N) is 1. The second-order valence-corrected chi connectivity index (χ2v) is 8.46. The van der Waals surface area contributed by atoms with Gasteiger partial charge in [0.2, 0.25) is 5.84 Å². The van der Waals surface area contributed by atoms with E-state index in [-0.39, 0.29) is 0 Å². The average Bonchev–Trinajstić information content (AvgIpc) is 2.78. The molecule has 0 spiro atoms. The second-order valence-electron chi connectivity index (χ2n) is 8.46. The molecule has 162 valence electrons. The van der Waals surface area contributed by atoms with E-state index >= 15 is 0 Å². The van der Waals surface area contributed by atoms with Gasteiger partial charge >= 0.3 is 0 Å². The molecule has 1 atom stereocenters. The molecule has 5 heteroatoms. The Labute approximate surface area is 190 Å². The van der Waals surface area contributed by atoms with E-state index < -0.39 is 0 Å². The monoisotopic (exact) mass is 423 g/mol. The minimum absolute atomic E-state index is 0.354. The van der Waals surface area contributed by atoms with Gasteiger partial charge in [0.15, 0.2) is 0 Å². The van der Waals surface area contributed by atoms with Crippen molar-refractivity contribution in [3.63, 3.8) is 0 Å². The van der Waals surface area contributed by atoms with Crippen molar-refractivity contribution in [3.8, 4) is 0 Å². The number of anilines is 1. The molecule has 1 aliphatic heterocycles. The van der Waals surface area contributed by atoms with Crippen molar-refractivity contribution >= 4 is 22.9 Å². The SMILES string of the molecule is Cc1cc2c(cc1C)C(C)CN=C2C(N=Nc1ccccc1C)=NNc1ccccc1C. The zero-order chi connectivity index (χ0) is 22.7. The van der Waals surface area contributed by atoms with Crippen molar-refractivity contribution in [1.29, 1.82) is 0 Å². The maximum Gasteiger partial charge on any atom is 0.219 e. The number of hydrogen-bond acceptors (Lipinski definition) is 4. The van der Waals surface area contributed by atoms with Gasteiger partial charge in [-0.2, -0.15) is 5.10 Å². The summed E-state index contributed by atoms with van der Waals surface area (Å²) in [5.41, 5.74) is 12.8. The lowest BCUT2D eigenvalue weighted by Gasteiger charge is -2.23. The molecule has 5 nitrogen and oxygen atoms in total. The smallest absolute Gasteiger partial charge is 0.219 e. The Balaban J connectivity index is 1.79. The first-order valence-electron chi connectivity index (χ1n) is 11.0. The normalized spacial score (nSPS) is 16.1. The van der Waals surface area contributed by atoms with Gasteiger partial charge in [0, 0.05) is 18.0 Å². The van der Waals surface area contributed by atoms with Crippen LogP contribution in [-0.4, -0.2) is 18.1 Å². The summed E-state index contributed by atoms with van der Waals surface area (Å²) in [5.74, 6) is 0.833. The van der Waals surface area contributed by atoms with Crippen molar-refractivity contribution in [2.75, 3.05) is 12.0 Å². The van der Waals surface area contributed by atoms with Crippen LogP contribution in [0.15, 0.2) is 81.0 Å². The largest absolute Gasteiger partial charge is 0.280 e. The van der Waals surface area contributed by atoms with Crippen LogP contribution in [0.5, 0.6) is 0 Å². The van der Waals surface area contributed by atoms with Gasteiger partial charge in [-0.1, -0.05) is 49.4 Å². The number of azo groups is 1. The Bertz CT molecular complexity index is 1240. The average molecular weight is 424 g/mol. The number of fused-ring (bicyclic) bond motifs is 1. The summed E-state index contributed by atoms with van der Waals surface area (Å²) < 4.78 is 0. The third-order valence-corrected chi connectivity index (χ3v) is 5.98. The van der Waals surface area contributed by atoms with Gasteiger partial charge in [-0.25, -0.2) is 0 Å². The number of amidine groups is 1. The van der Waals surface area contributed by atoms with Crippen LogP contribution >= 0.6 is 0 Å². The van der Waals surface area contributed by atoms with Crippen LogP contribution in [0.4, 0.5) is 11.4 Å². The Kier molecular flexibility index (Phi) is 6.26. The Morgan fingerprint density at radius 3 is 2.31 bits per heavy atom. The van der Waals surface area contributed by atoms with E-state index in [1.54, 1.807) is 0 Å². The highest BCUT2D eigenvalue weighted by molar-refractivity contribution is 6.48. The van der Waals surface area contributed by atoms with E-state index in [1.165, 1.54) is 16.7 Å². The fraction of sp³-hybridized carbons (Fsp3) is 0.259. The van der Waals surface area contributed by atoms with E-state index in [0.717, 1.165) is 33.8 Å². The molecular weight excluding hydrogens is 394 g/mol. The lowest BCUT2D eigenvalue weighted by molar-refractivity contribution is 0.760. The maximum absolute atomic E-state index is 4.88. The van der Waals surface area contributed by atoms with Gasteiger partial charge in [-0.05, 0) is 73.7 Å². The summed E-state index contributed by atoms with van der Waals surface area (Å²) in [7, 11) is 0. The standard InChI is InChI=1S/C27H29N5/c1-17-10-6-8-12-24(17)29-31-27(32-30-25-13-9-7-11-18(25)2)26-23-15-20(4)19(3)14-22(23)21(5)16-28-26/h6-15,21,29H,16H2,1-5H3. The van der Waals surface area contributed by atoms with Crippen LogP contribution in [0.25, 0.3) is 0 Å². The molecule has 0 amide bonds. The quantitative estimate of drug-likeness (QED) is 0.208. The van der Waals surface area contributed by atoms with Crippen molar-refractivity contribution in [1.82, 2.24) is 0 Å². The fourth-order valence-electron chi connectivity index (χ4n) is 3.77. The van der Waals surface area contributed by atoms with Crippen LogP contribution in [0, 0.1) is 27.7 Å². The van der Waals surface area contributed by atoms with Gasteiger partial charge in [-0.15, -0.1) is 10.2 Å². The van der Waals surface area contributed by atoms with Crippen LogP contribution in [0.2, 0.25) is 0 Å². The van der Waals surface area contributed by atoms with Gasteiger partial charge in [0.1, 0.15) is 5.71 Å². The Morgan fingerprint density at radius 2 is 1.56 bits per heavy atom. The molecule has 0 aromatic heterocycles. The van der Waals surface area contributed by atoms with Crippen LogP contribution in [-0.2, 0) is 0 Å². The number of aliphatic imine (C=N–C) groups is 1. The molecule has 0 bridgehead atoms. The summed E-state index contributed by atoms with van der Waals surface area (Å²) in [6.07, 6.45) is 0. The van der Waals surface area contributed by atoms with Gasteiger partial charge < -0.3 is 0 Å². The zero-order valence-electron chi connectivity index (χ0n) is 19.3. The molecule has 32 heavy (non-hydrogen) atoms. The maximum atomic E-state index is 4.88. The summed E-state index contributed by atoms with van der Waals surface area (Å²) in [6, 6.07) is 20.5. The molecule has 0 aliphatic carbocycles. The number of hydrogen-bond donors (Lipinski definition) is 1. The molecule has 1 N–H and O–H groups in total. The van der Waals surface area contributed by atoms with E-state index in [4.69, 9.17) is 4.99 Å². The van der Waals surface area contributed by atoms with Crippen molar-refractivity contribution in [2.45, 2.75) is 40.5 Å². The van der Waals surface area contributed by atoms with Gasteiger partial charge in [0.05, 0.1) is 11.4 Å². The molecule has 1 unspecified atom stereocenters. The van der Waals surface area contributed by atoms with Crippen LogP contribution < -0.4 is 5.43 Å². The number of hydrazone groups is 1. The van der Waals surface area contributed by atoms with Gasteiger partial charge in [-0.3, -0.25) is 10.4 Å². The number of nitrogens with zero attached hydrogens (tertiary/aromatic N) is 4. The zero-order valence-corrected chi connectivity index (χ0v) is 19.3. The first-order chi connectivity index (χ1) is 15.4. The summed E-state index contributed by atoms with van der Waals surface area (Å²) >= 11 is 0. The number of aryl methyl sites for hydroxylation is 4. The van der Waals surface area contributed by atoms with Crippen LogP contribution in [0.1, 0.15) is 46.2 Å². The third-order valence-electron chi connectivity index (χ3n) is 5.98. The molecule has 3 aromatic rings. The highest BCUT2D eigenvalue weighted by Crippen LogP contribution is 2.29. The molecule has 0 radical (unpaired) electrons. The van der Waals surface area contributed by atoms with E-state index in [9.17, 15) is 0 Å². The van der Waals surface area contributed by atoms with Crippen molar-refractivity contribution in [3.05, 3.63) is 94.0 Å². The third kappa shape index (κ3) is 4.52. The van der Waals surface area contributed by atoms with E-state index in [2.05, 4.69) is 53.7 Å². The summed E-state index contributed by atoms with van der Waals surface area (Å²) in [6.45, 7) is 11.3. The number of para-hydroxylation sites is 1. The molecule has 3 aromatic carbocycles. The van der Waals surface area contributed by atoms with Crippen molar-refractivity contribution < 1.29 is 0 Å². The first-order valence-corrected chi connectivity index (χ1v) is 11.0. The second kappa shape index (κ2) is 9.27. The highest BCUT2D eigenvalue weighted by atomic mass is 15.3. The Morgan fingerprint density at radius 1 is 0.875 bits per heavy atom. The molecule has 1 heterocycles. The molecule has 0 fully saturated rings. The predicted octanol–water partition coefficient (Wildman–Crippen LogP) is 7.04. The minimum Gasteiger partial charge on any atom is -0.280 e. The lowest BCUT2D eigenvalue weighted by Crippen LogP contribution is -2.23.